The summed E-state index contributed by atoms with van der Waals surface area (Å²) in [6.45, 7) is 3.85. The first-order valence-corrected chi connectivity index (χ1v) is 11.0. The molecule has 0 saturated carbocycles. The van der Waals surface area contributed by atoms with Crippen molar-refractivity contribution in [2.45, 2.75) is 13.8 Å². The van der Waals surface area contributed by atoms with Gasteiger partial charge in [-0.15, -0.1) is 0 Å². The van der Waals surface area contributed by atoms with Gasteiger partial charge in [0.25, 0.3) is 5.56 Å². The van der Waals surface area contributed by atoms with Crippen LogP contribution in [0.25, 0.3) is 38.9 Å². The number of para-hydroxylation sites is 3. The second-order valence-electron chi connectivity index (χ2n) is 8.19. The molecule has 34 heavy (non-hydrogen) atoms. The van der Waals surface area contributed by atoms with Gasteiger partial charge in [-0.3, -0.25) is 9.36 Å². The highest BCUT2D eigenvalue weighted by molar-refractivity contribution is 6.05. The lowest BCUT2D eigenvalue weighted by Crippen LogP contribution is -2.22. The van der Waals surface area contributed by atoms with Gasteiger partial charge in [-0.25, -0.2) is 15.0 Å². The Balaban J connectivity index is 1.71. The maximum absolute atomic E-state index is 13.8. The van der Waals surface area contributed by atoms with Gasteiger partial charge in [0.1, 0.15) is 16.7 Å². The Morgan fingerprint density at radius 2 is 1.53 bits per heavy atom. The maximum Gasteiger partial charge on any atom is 0.269 e. The first-order valence-electron chi connectivity index (χ1n) is 11.0. The van der Waals surface area contributed by atoms with Crippen LogP contribution in [0.5, 0.6) is 0 Å². The molecule has 0 spiro atoms. The molecule has 0 atom stereocenters. The highest BCUT2D eigenvalue weighted by Gasteiger charge is 2.21. The summed E-state index contributed by atoms with van der Waals surface area (Å²) >= 11 is 0. The summed E-state index contributed by atoms with van der Waals surface area (Å²) in [4.78, 5) is 28.3. The molecule has 0 N–H and O–H groups in total. The molecule has 6 rings (SSSR count). The third-order valence-electron chi connectivity index (χ3n) is 5.80. The first-order chi connectivity index (χ1) is 16.6. The third kappa shape index (κ3) is 3.17. The quantitative estimate of drug-likeness (QED) is 0.368. The zero-order chi connectivity index (χ0) is 23.2. The van der Waals surface area contributed by atoms with Crippen molar-refractivity contribution >= 4 is 39.4 Å². The van der Waals surface area contributed by atoms with Gasteiger partial charge < -0.3 is 0 Å². The van der Waals surface area contributed by atoms with Gasteiger partial charge >= 0.3 is 0 Å². The van der Waals surface area contributed by atoms with E-state index in [0.29, 0.717) is 33.5 Å². The molecule has 7 nitrogen and oxygen atoms in total. The van der Waals surface area contributed by atoms with Gasteiger partial charge in [-0.2, -0.15) is 9.78 Å². The zero-order valence-electron chi connectivity index (χ0n) is 18.7. The van der Waals surface area contributed by atoms with Crippen LogP contribution in [0.15, 0.2) is 88.8 Å². The molecular formula is C27H20N6O. The minimum absolute atomic E-state index is 0.201. The molecule has 164 valence electrons. The molecule has 3 heterocycles. The normalized spacial score (nSPS) is 11.8. The lowest BCUT2D eigenvalue weighted by molar-refractivity contribution is 0.865. The second kappa shape index (κ2) is 7.74. The van der Waals surface area contributed by atoms with Crippen molar-refractivity contribution in [3.63, 3.8) is 0 Å². The van der Waals surface area contributed by atoms with E-state index in [1.807, 2.05) is 92.7 Å². The summed E-state index contributed by atoms with van der Waals surface area (Å²) in [5, 5.41) is 5.10. The van der Waals surface area contributed by atoms with E-state index in [9.17, 15) is 4.79 Å². The number of hydrogen-bond donors (Lipinski definition) is 0. The average Bonchev–Trinajstić information content (AvgIpc) is 3.14. The summed E-state index contributed by atoms with van der Waals surface area (Å²) in [6.07, 6.45) is 1.75. The predicted octanol–water partition coefficient (Wildman–Crippen LogP) is 4.78. The first kappa shape index (κ1) is 20.0. The molecule has 0 radical (unpaired) electrons. The van der Waals surface area contributed by atoms with Crippen LogP contribution in [0.4, 0.5) is 0 Å². The highest BCUT2D eigenvalue weighted by atomic mass is 16.1. The van der Waals surface area contributed by atoms with Crippen LogP contribution in [0.2, 0.25) is 0 Å². The minimum atomic E-state index is -0.201. The van der Waals surface area contributed by atoms with Gasteiger partial charge in [0.15, 0.2) is 11.3 Å². The van der Waals surface area contributed by atoms with Crippen LogP contribution in [0.3, 0.4) is 0 Å². The summed E-state index contributed by atoms with van der Waals surface area (Å²) in [7, 11) is 0. The Morgan fingerprint density at radius 3 is 2.29 bits per heavy atom. The molecule has 0 fully saturated rings. The number of rotatable bonds is 3. The fourth-order valence-electron chi connectivity index (χ4n) is 4.25. The van der Waals surface area contributed by atoms with E-state index in [2.05, 4.69) is 0 Å². The Kier molecular flexibility index (Phi) is 4.55. The molecule has 3 aromatic carbocycles. The Hall–Kier alpha value is -4.65. The molecule has 0 aliphatic carbocycles. The number of aryl methyl sites for hydroxylation is 2. The third-order valence-corrected chi connectivity index (χ3v) is 5.80. The van der Waals surface area contributed by atoms with Crippen molar-refractivity contribution in [1.82, 2.24) is 24.2 Å². The summed E-state index contributed by atoms with van der Waals surface area (Å²) in [5.74, 6) is 0.558. The van der Waals surface area contributed by atoms with Crippen LogP contribution < -0.4 is 5.56 Å². The fraction of sp³-hybridized carbons (Fsp3) is 0.0741. The largest absolute Gasteiger partial charge is 0.269 e. The van der Waals surface area contributed by atoms with Crippen molar-refractivity contribution in [3.05, 3.63) is 106 Å². The van der Waals surface area contributed by atoms with Crippen molar-refractivity contribution in [3.8, 4) is 5.69 Å². The number of benzene rings is 3. The lowest BCUT2D eigenvalue weighted by atomic mass is 10.2. The standard InChI is InChI=1S/C27H20N6O/c1-17-9-8-10-19(15-17)16-28-33-25-23(24-26(33)31-22-14-7-6-13-21(22)30-24)27(34)32(18(2)29-25)20-11-4-3-5-12-20/h3-16H,1-2H3. The zero-order valence-corrected chi connectivity index (χ0v) is 18.7. The van der Waals surface area contributed by atoms with Crippen LogP contribution in [-0.4, -0.2) is 30.4 Å². The van der Waals surface area contributed by atoms with E-state index >= 15 is 0 Å². The van der Waals surface area contributed by atoms with Gasteiger partial charge in [-0.05, 0) is 43.7 Å². The van der Waals surface area contributed by atoms with E-state index in [-0.39, 0.29) is 5.56 Å². The fourth-order valence-corrected chi connectivity index (χ4v) is 4.25. The summed E-state index contributed by atoms with van der Waals surface area (Å²) in [5.41, 5.74) is 5.47. The molecule has 0 bridgehead atoms. The monoisotopic (exact) mass is 444 g/mol. The van der Waals surface area contributed by atoms with Crippen molar-refractivity contribution in [1.29, 1.82) is 0 Å². The number of nitrogens with zero attached hydrogens (tertiary/aromatic N) is 6. The molecular weight excluding hydrogens is 424 g/mol. The van der Waals surface area contributed by atoms with Gasteiger partial charge in [0.05, 0.1) is 22.9 Å². The summed E-state index contributed by atoms with van der Waals surface area (Å²) < 4.78 is 3.23. The predicted molar refractivity (Wildman–Crippen MR) is 135 cm³/mol. The molecule has 0 saturated heterocycles. The molecule has 0 amide bonds. The molecule has 0 unspecified atom stereocenters. The van der Waals surface area contributed by atoms with Crippen molar-refractivity contribution in [2.75, 3.05) is 0 Å². The minimum Gasteiger partial charge on any atom is -0.268 e. The number of aromatic nitrogens is 5. The number of fused-ring (bicyclic) bond motifs is 4. The number of hydrogen-bond acceptors (Lipinski definition) is 5. The van der Waals surface area contributed by atoms with Crippen molar-refractivity contribution < 1.29 is 0 Å². The van der Waals surface area contributed by atoms with Crippen LogP contribution in [0.1, 0.15) is 17.0 Å². The highest BCUT2D eigenvalue weighted by Crippen LogP contribution is 2.26. The average molecular weight is 444 g/mol. The molecule has 6 aromatic rings. The van der Waals surface area contributed by atoms with Gasteiger partial charge in [0.2, 0.25) is 0 Å². The molecule has 0 aliphatic heterocycles. The molecule has 0 aliphatic rings. The Bertz CT molecular complexity index is 1800. The van der Waals surface area contributed by atoms with Crippen LogP contribution in [0, 0.1) is 13.8 Å². The van der Waals surface area contributed by atoms with E-state index in [1.54, 1.807) is 15.5 Å². The Morgan fingerprint density at radius 1 is 0.794 bits per heavy atom. The van der Waals surface area contributed by atoms with Crippen molar-refractivity contribution in [2.24, 2.45) is 5.10 Å². The van der Waals surface area contributed by atoms with Crippen LogP contribution >= 0.6 is 0 Å². The topological polar surface area (TPSA) is 78.0 Å². The van der Waals surface area contributed by atoms with Crippen LogP contribution in [-0.2, 0) is 0 Å². The lowest BCUT2D eigenvalue weighted by Gasteiger charge is -2.09. The van der Waals surface area contributed by atoms with E-state index in [4.69, 9.17) is 20.1 Å². The SMILES string of the molecule is Cc1cccc(C=Nn2c3nc4ccccc4nc3c3c(=O)n(-c4ccccc4)c(C)nc32)c1. The van der Waals surface area contributed by atoms with E-state index < -0.39 is 0 Å². The molecule has 3 aromatic heterocycles. The van der Waals surface area contributed by atoms with Gasteiger partial charge in [0, 0.05) is 0 Å². The maximum atomic E-state index is 13.8. The smallest absolute Gasteiger partial charge is 0.268 e. The second-order valence-corrected chi connectivity index (χ2v) is 8.19. The van der Waals surface area contributed by atoms with E-state index in [0.717, 1.165) is 22.3 Å². The van der Waals surface area contributed by atoms with E-state index in [1.165, 1.54) is 0 Å². The Labute approximate surface area is 194 Å². The summed E-state index contributed by atoms with van der Waals surface area (Å²) in [6, 6.07) is 25.1. The van der Waals surface area contributed by atoms with Gasteiger partial charge in [-0.1, -0.05) is 60.2 Å². The molecule has 7 heteroatoms.